The van der Waals surface area contributed by atoms with Gasteiger partial charge in [-0.2, -0.15) is 0 Å². The maximum absolute atomic E-state index is 13.5. The molecule has 3 heteroatoms. The summed E-state index contributed by atoms with van der Waals surface area (Å²) < 4.78 is 13.5. The SMILES string of the molecule is CC1(C)CCC(=O)/C(=C/c2ccccc2F)C1=O. The highest BCUT2D eigenvalue weighted by Crippen LogP contribution is 2.34. The van der Waals surface area contributed by atoms with Gasteiger partial charge >= 0.3 is 0 Å². The fourth-order valence-electron chi connectivity index (χ4n) is 2.06. The molecule has 1 aromatic carbocycles. The van der Waals surface area contributed by atoms with Gasteiger partial charge in [-0.3, -0.25) is 9.59 Å². The third-order valence-corrected chi connectivity index (χ3v) is 3.34. The van der Waals surface area contributed by atoms with Gasteiger partial charge in [0.25, 0.3) is 0 Å². The van der Waals surface area contributed by atoms with E-state index in [9.17, 15) is 14.0 Å². The van der Waals surface area contributed by atoms with Crippen LogP contribution in [0.2, 0.25) is 0 Å². The van der Waals surface area contributed by atoms with Crippen LogP contribution in [0.5, 0.6) is 0 Å². The van der Waals surface area contributed by atoms with Crippen LogP contribution in [0.15, 0.2) is 29.8 Å². The summed E-state index contributed by atoms with van der Waals surface area (Å²) in [6.45, 7) is 3.63. The summed E-state index contributed by atoms with van der Waals surface area (Å²) in [4.78, 5) is 24.0. The van der Waals surface area contributed by atoms with Crippen LogP contribution in [-0.4, -0.2) is 11.6 Å². The molecule has 94 valence electrons. The van der Waals surface area contributed by atoms with E-state index in [1.165, 1.54) is 12.1 Å². The standard InChI is InChI=1S/C15H15FO2/c1-15(2)8-7-13(17)11(14(15)18)9-10-5-3-4-6-12(10)16/h3-6,9H,7-8H2,1-2H3/b11-9-. The summed E-state index contributed by atoms with van der Waals surface area (Å²) in [6.07, 6.45) is 2.28. The lowest BCUT2D eigenvalue weighted by molar-refractivity contribution is -0.130. The highest BCUT2D eigenvalue weighted by molar-refractivity contribution is 6.26. The minimum atomic E-state index is -0.537. The molecule has 1 aliphatic rings. The summed E-state index contributed by atoms with van der Waals surface area (Å²) in [6, 6.07) is 6.13. The molecule has 0 N–H and O–H groups in total. The second kappa shape index (κ2) is 4.48. The van der Waals surface area contributed by atoms with Crippen LogP contribution in [0.4, 0.5) is 4.39 Å². The highest BCUT2D eigenvalue weighted by atomic mass is 19.1. The molecule has 18 heavy (non-hydrogen) atoms. The molecule has 0 saturated heterocycles. The zero-order valence-corrected chi connectivity index (χ0v) is 10.5. The second-order valence-corrected chi connectivity index (χ2v) is 5.22. The lowest BCUT2D eigenvalue weighted by Gasteiger charge is -2.28. The predicted octanol–water partition coefficient (Wildman–Crippen LogP) is 3.17. The molecule has 1 saturated carbocycles. The molecule has 2 nitrogen and oxygen atoms in total. The molecule has 1 fully saturated rings. The minimum absolute atomic E-state index is 0.122. The lowest BCUT2D eigenvalue weighted by Crippen LogP contribution is -2.34. The van der Waals surface area contributed by atoms with Gasteiger partial charge in [0.05, 0.1) is 5.57 Å². The Morgan fingerprint density at radius 3 is 2.56 bits per heavy atom. The summed E-state index contributed by atoms with van der Waals surface area (Å²) in [5, 5.41) is 0. The number of hydrogen-bond acceptors (Lipinski definition) is 2. The first-order chi connectivity index (χ1) is 8.42. The molecule has 0 radical (unpaired) electrons. The molecule has 0 bridgehead atoms. The normalized spacial score (nSPS) is 21.4. The fraction of sp³-hybridized carbons (Fsp3) is 0.333. The number of Topliss-reactive ketones (excluding diaryl/α,β-unsaturated/α-hetero) is 2. The zero-order valence-electron chi connectivity index (χ0n) is 10.5. The van der Waals surface area contributed by atoms with Crippen molar-refractivity contribution in [2.45, 2.75) is 26.7 Å². The van der Waals surface area contributed by atoms with Gasteiger partial charge in [-0.05, 0) is 18.6 Å². The van der Waals surface area contributed by atoms with Crippen LogP contribution >= 0.6 is 0 Å². The van der Waals surface area contributed by atoms with Crippen LogP contribution in [0.1, 0.15) is 32.3 Å². The van der Waals surface area contributed by atoms with E-state index in [2.05, 4.69) is 0 Å². The Morgan fingerprint density at radius 2 is 1.89 bits per heavy atom. The van der Waals surface area contributed by atoms with Gasteiger partial charge in [-0.25, -0.2) is 4.39 Å². The summed E-state index contributed by atoms with van der Waals surface area (Å²) in [5.74, 6) is -0.807. The molecular formula is C15H15FO2. The van der Waals surface area contributed by atoms with E-state index in [1.54, 1.807) is 18.2 Å². The van der Waals surface area contributed by atoms with Gasteiger partial charge in [0.1, 0.15) is 5.82 Å². The molecule has 1 aromatic rings. The van der Waals surface area contributed by atoms with Crippen LogP contribution < -0.4 is 0 Å². The number of carbonyl (C=O) groups excluding carboxylic acids is 2. The number of ketones is 2. The van der Waals surface area contributed by atoms with E-state index in [4.69, 9.17) is 0 Å². The van der Waals surface area contributed by atoms with Crippen molar-refractivity contribution in [2.75, 3.05) is 0 Å². The molecule has 2 rings (SSSR count). The van der Waals surface area contributed by atoms with Crippen molar-refractivity contribution in [1.29, 1.82) is 0 Å². The van der Waals surface area contributed by atoms with Gasteiger partial charge in [-0.15, -0.1) is 0 Å². The summed E-state index contributed by atoms with van der Waals surface area (Å²) in [5.41, 5.74) is -0.131. The average Bonchev–Trinajstić information content (AvgIpc) is 2.33. The maximum Gasteiger partial charge on any atom is 0.172 e. The van der Waals surface area contributed by atoms with Crippen LogP contribution in [0.3, 0.4) is 0 Å². The Bertz CT molecular complexity index is 541. The van der Waals surface area contributed by atoms with E-state index in [0.717, 1.165) is 0 Å². The van der Waals surface area contributed by atoms with Gasteiger partial charge in [0.15, 0.2) is 11.6 Å². The third kappa shape index (κ3) is 2.26. The molecule has 0 aliphatic heterocycles. The van der Waals surface area contributed by atoms with E-state index in [0.29, 0.717) is 12.8 Å². The van der Waals surface area contributed by atoms with Crippen molar-refractivity contribution < 1.29 is 14.0 Å². The largest absolute Gasteiger partial charge is 0.294 e. The Labute approximate surface area is 106 Å². The van der Waals surface area contributed by atoms with Gasteiger partial charge in [0, 0.05) is 17.4 Å². The van der Waals surface area contributed by atoms with Crippen molar-refractivity contribution >= 4 is 17.6 Å². The molecule has 1 aliphatic carbocycles. The maximum atomic E-state index is 13.5. The molecule has 0 aromatic heterocycles. The Morgan fingerprint density at radius 1 is 1.22 bits per heavy atom. The molecule has 0 spiro atoms. The number of carbonyl (C=O) groups is 2. The third-order valence-electron chi connectivity index (χ3n) is 3.34. The number of allylic oxidation sites excluding steroid dienone is 1. The van der Waals surface area contributed by atoms with Crippen molar-refractivity contribution in [2.24, 2.45) is 5.41 Å². The van der Waals surface area contributed by atoms with Crippen molar-refractivity contribution in [3.63, 3.8) is 0 Å². The Kier molecular flexibility index (Phi) is 3.16. The lowest BCUT2D eigenvalue weighted by atomic mass is 9.73. The Balaban J connectivity index is 2.45. The fourth-order valence-corrected chi connectivity index (χ4v) is 2.06. The van der Waals surface area contributed by atoms with E-state index in [-0.39, 0.29) is 22.7 Å². The van der Waals surface area contributed by atoms with Crippen molar-refractivity contribution in [3.05, 3.63) is 41.2 Å². The second-order valence-electron chi connectivity index (χ2n) is 5.22. The molecule has 0 amide bonds. The van der Waals surface area contributed by atoms with E-state index in [1.807, 2.05) is 13.8 Å². The quantitative estimate of drug-likeness (QED) is 0.563. The van der Waals surface area contributed by atoms with E-state index < -0.39 is 11.2 Å². The predicted molar refractivity (Wildman–Crippen MR) is 67.4 cm³/mol. The summed E-state index contributed by atoms with van der Waals surface area (Å²) >= 11 is 0. The van der Waals surface area contributed by atoms with Gasteiger partial charge in [-0.1, -0.05) is 32.0 Å². The van der Waals surface area contributed by atoms with Crippen molar-refractivity contribution in [3.8, 4) is 0 Å². The Hall–Kier alpha value is -1.77. The number of rotatable bonds is 1. The minimum Gasteiger partial charge on any atom is -0.294 e. The van der Waals surface area contributed by atoms with Crippen LogP contribution in [0, 0.1) is 11.2 Å². The number of hydrogen-bond donors (Lipinski definition) is 0. The first kappa shape index (κ1) is 12.7. The monoisotopic (exact) mass is 246 g/mol. The molecular weight excluding hydrogens is 231 g/mol. The number of halogens is 1. The first-order valence-corrected chi connectivity index (χ1v) is 5.96. The van der Waals surface area contributed by atoms with Crippen molar-refractivity contribution in [1.82, 2.24) is 0 Å². The summed E-state index contributed by atoms with van der Waals surface area (Å²) in [7, 11) is 0. The first-order valence-electron chi connectivity index (χ1n) is 5.96. The highest BCUT2D eigenvalue weighted by Gasteiger charge is 2.38. The van der Waals surface area contributed by atoms with E-state index >= 15 is 0 Å². The van der Waals surface area contributed by atoms with Gasteiger partial charge < -0.3 is 0 Å². The van der Waals surface area contributed by atoms with Crippen LogP contribution in [0.25, 0.3) is 6.08 Å². The smallest absolute Gasteiger partial charge is 0.172 e. The molecule has 0 atom stereocenters. The van der Waals surface area contributed by atoms with Gasteiger partial charge in [0.2, 0.25) is 0 Å². The average molecular weight is 246 g/mol. The molecule has 0 heterocycles. The topological polar surface area (TPSA) is 34.1 Å². The zero-order chi connectivity index (χ0) is 13.3. The van der Waals surface area contributed by atoms with Crippen LogP contribution in [-0.2, 0) is 9.59 Å². The number of benzene rings is 1. The molecule has 0 unspecified atom stereocenters.